The molecule has 1 aromatic carbocycles. The zero-order valence-corrected chi connectivity index (χ0v) is 11.5. The van der Waals surface area contributed by atoms with Gasteiger partial charge in [-0.25, -0.2) is 0 Å². The molecule has 4 fully saturated rings. The maximum Gasteiger partial charge on any atom is 0.251 e. The summed E-state index contributed by atoms with van der Waals surface area (Å²) in [5.41, 5.74) is 0.555. The number of amides is 1. The van der Waals surface area contributed by atoms with Gasteiger partial charge in [-0.2, -0.15) is 0 Å². The van der Waals surface area contributed by atoms with Crippen LogP contribution in [0.5, 0.6) is 5.75 Å². The summed E-state index contributed by atoms with van der Waals surface area (Å²) in [6.45, 7) is 3.54. The first kappa shape index (κ1) is 12.2. The van der Waals surface area contributed by atoms with Gasteiger partial charge in [0.25, 0.3) is 5.91 Å². The average molecular weight is 272 g/mol. The number of rotatable bonds is 2. The average Bonchev–Trinajstić information content (AvgIpc) is 2.42. The molecule has 3 saturated heterocycles. The highest BCUT2D eigenvalue weighted by atomic mass is 16.3. The molecule has 1 aromatic rings. The first-order chi connectivity index (χ1) is 9.69. The van der Waals surface area contributed by atoms with E-state index in [0.717, 1.165) is 19.0 Å². The van der Waals surface area contributed by atoms with E-state index in [-0.39, 0.29) is 11.7 Å². The highest BCUT2D eigenvalue weighted by molar-refractivity contribution is 5.94. The molecule has 0 aromatic heterocycles. The van der Waals surface area contributed by atoms with Crippen molar-refractivity contribution in [2.24, 2.45) is 17.8 Å². The van der Waals surface area contributed by atoms with Gasteiger partial charge in [-0.3, -0.25) is 4.79 Å². The van der Waals surface area contributed by atoms with Crippen molar-refractivity contribution in [1.29, 1.82) is 0 Å². The summed E-state index contributed by atoms with van der Waals surface area (Å²) in [4.78, 5) is 14.9. The predicted molar refractivity (Wildman–Crippen MR) is 75.5 cm³/mol. The summed E-state index contributed by atoms with van der Waals surface area (Å²) >= 11 is 0. The molecule has 4 nitrogen and oxygen atoms in total. The zero-order valence-electron chi connectivity index (χ0n) is 11.5. The minimum absolute atomic E-state index is 0.0478. The number of phenols is 1. The second-order valence-corrected chi connectivity index (χ2v) is 6.63. The van der Waals surface area contributed by atoms with Crippen LogP contribution in [0.25, 0.3) is 0 Å². The summed E-state index contributed by atoms with van der Waals surface area (Å²) in [5, 5.41) is 12.7. The molecule has 4 aliphatic rings. The lowest BCUT2D eigenvalue weighted by molar-refractivity contribution is -0.0418. The molecule has 2 atom stereocenters. The van der Waals surface area contributed by atoms with Gasteiger partial charge in [0, 0.05) is 31.2 Å². The van der Waals surface area contributed by atoms with E-state index in [4.69, 9.17) is 0 Å². The Kier molecular flexibility index (Phi) is 2.74. The molecular formula is C16H20N2O2. The molecule has 5 rings (SSSR count). The number of carbonyl (C=O) groups is 1. The Morgan fingerprint density at radius 2 is 1.95 bits per heavy atom. The number of carbonyl (C=O) groups excluding carboxylic acids is 1. The molecule has 1 aliphatic carbocycles. The van der Waals surface area contributed by atoms with Gasteiger partial charge in [0.2, 0.25) is 0 Å². The van der Waals surface area contributed by atoms with Crippen LogP contribution in [0.1, 0.15) is 23.2 Å². The third-order valence-electron chi connectivity index (χ3n) is 5.20. The number of hydrogen-bond donors (Lipinski definition) is 2. The van der Waals surface area contributed by atoms with E-state index in [2.05, 4.69) is 10.2 Å². The number of aromatic hydroxyl groups is 1. The molecule has 1 amide bonds. The third-order valence-corrected chi connectivity index (χ3v) is 5.20. The van der Waals surface area contributed by atoms with Gasteiger partial charge in [0.05, 0.1) is 0 Å². The molecule has 0 unspecified atom stereocenters. The van der Waals surface area contributed by atoms with Crippen molar-refractivity contribution in [3.63, 3.8) is 0 Å². The van der Waals surface area contributed by atoms with E-state index in [0.29, 0.717) is 23.4 Å². The molecule has 4 bridgehead atoms. The van der Waals surface area contributed by atoms with Crippen LogP contribution >= 0.6 is 0 Å². The fraction of sp³-hybridized carbons (Fsp3) is 0.562. The molecule has 2 N–H and O–H groups in total. The number of piperidine rings is 3. The van der Waals surface area contributed by atoms with Crippen LogP contribution in [-0.2, 0) is 0 Å². The number of nitrogens with zero attached hydrogens (tertiary/aromatic N) is 1. The van der Waals surface area contributed by atoms with E-state index >= 15 is 0 Å². The highest BCUT2D eigenvalue weighted by Crippen LogP contribution is 2.43. The standard InChI is InChI=1S/C16H20N2O2/c19-14-3-1-2-11(6-14)16(20)17-15-12-4-10-5-13(15)9-18(7-10)8-12/h1-3,6,10,12-13,15,19H,4-5,7-9H2,(H,17,20)/t10?,12-,13-,15?/m0/s1. The van der Waals surface area contributed by atoms with Crippen molar-refractivity contribution >= 4 is 5.91 Å². The smallest absolute Gasteiger partial charge is 0.251 e. The van der Waals surface area contributed by atoms with Crippen molar-refractivity contribution in [3.8, 4) is 5.75 Å². The molecule has 3 aliphatic heterocycles. The SMILES string of the molecule is O=C(NC1[C@H]2CC3C[C@H]1CN(C3)C2)c1cccc(O)c1. The van der Waals surface area contributed by atoms with Crippen LogP contribution in [0.15, 0.2) is 24.3 Å². The normalized spacial score (nSPS) is 37.9. The highest BCUT2D eigenvalue weighted by Gasteiger charge is 2.47. The second kappa shape index (κ2) is 4.48. The van der Waals surface area contributed by atoms with E-state index in [1.165, 1.54) is 25.5 Å². The lowest BCUT2D eigenvalue weighted by atomic mass is 9.65. The van der Waals surface area contributed by atoms with Gasteiger partial charge in [0.15, 0.2) is 0 Å². The molecule has 4 heteroatoms. The lowest BCUT2D eigenvalue weighted by Crippen LogP contribution is -2.64. The molecular weight excluding hydrogens is 252 g/mol. The molecule has 0 spiro atoms. The van der Waals surface area contributed by atoms with Crippen LogP contribution < -0.4 is 5.32 Å². The van der Waals surface area contributed by atoms with Gasteiger partial charge in [0.1, 0.15) is 5.75 Å². The molecule has 20 heavy (non-hydrogen) atoms. The van der Waals surface area contributed by atoms with Gasteiger partial charge in [-0.15, -0.1) is 0 Å². The van der Waals surface area contributed by atoms with E-state index in [1.807, 2.05) is 0 Å². The topological polar surface area (TPSA) is 52.6 Å². The van der Waals surface area contributed by atoms with Crippen molar-refractivity contribution in [3.05, 3.63) is 29.8 Å². The van der Waals surface area contributed by atoms with Crippen LogP contribution in [0.4, 0.5) is 0 Å². The van der Waals surface area contributed by atoms with E-state index in [9.17, 15) is 9.90 Å². The minimum atomic E-state index is -0.0478. The molecule has 3 heterocycles. The van der Waals surface area contributed by atoms with Gasteiger partial charge >= 0.3 is 0 Å². The summed E-state index contributed by atoms with van der Waals surface area (Å²) in [5.74, 6) is 2.17. The van der Waals surface area contributed by atoms with Crippen molar-refractivity contribution in [2.45, 2.75) is 18.9 Å². The van der Waals surface area contributed by atoms with Gasteiger partial charge in [-0.05, 0) is 48.8 Å². The quantitative estimate of drug-likeness (QED) is 0.857. The summed E-state index contributed by atoms with van der Waals surface area (Å²) in [6, 6.07) is 6.92. The summed E-state index contributed by atoms with van der Waals surface area (Å²) in [7, 11) is 0. The number of hydrogen-bond acceptors (Lipinski definition) is 3. The predicted octanol–water partition coefficient (Wildman–Crippen LogP) is 1.46. The molecule has 0 radical (unpaired) electrons. The van der Waals surface area contributed by atoms with Crippen LogP contribution in [-0.4, -0.2) is 41.6 Å². The Balaban J connectivity index is 1.50. The van der Waals surface area contributed by atoms with Crippen molar-refractivity contribution in [1.82, 2.24) is 10.2 Å². The maximum absolute atomic E-state index is 12.4. The molecule has 1 saturated carbocycles. The second-order valence-electron chi connectivity index (χ2n) is 6.63. The number of benzene rings is 1. The van der Waals surface area contributed by atoms with Crippen LogP contribution in [0, 0.1) is 17.8 Å². The summed E-state index contributed by atoms with van der Waals surface area (Å²) < 4.78 is 0. The Bertz CT molecular complexity index is 515. The fourth-order valence-corrected chi connectivity index (χ4v) is 4.53. The zero-order chi connectivity index (χ0) is 13.7. The number of phenolic OH excluding ortho intramolecular Hbond substituents is 1. The lowest BCUT2D eigenvalue weighted by Gasteiger charge is -2.55. The Morgan fingerprint density at radius 3 is 2.60 bits per heavy atom. The van der Waals surface area contributed by atoms with E-state index < -0.39 is 0 Å². The summed E-state index contributed by atoms with van der Waals surface area (Å²) in [6.07, 6.45) is 2.52. The Labute approximate surface area is 118 Å². The first-order valence-corrected chi connectivity index (χ1v) is 7.51. The largest absolute Gasteiger partial charge is 0.508 e. The number of nitrogens with one attached hydrogen (secondary N) is 1. The van der Waals surface area contributed by atoms with Crippen molar-refractivity contribution in [2.75, 3.05) is 19.6 Å². The first-order valence-electron chi connectivity index (χ1n) is 7.51. The maximum atomic E-state index is 12.4. The van der Waals surface area contributed by atoms with Gasteiger partial charge in [-0.1, -0.05) is 6.07 Å². The van der Waals surface area contributed by atoms with Gasteiger partial charge < -0.3 is 15.3 Å². The fourth-order valence-electron chi connectivity index (χ4n) is 4.53. The van der Waals surface area contributed by atoms with E-state index in [1.54, 1.807) is 18.2 Å². The van der Waals surface area contributed by atoms with Crippen LogP contribution in [0.2, 0.25) is 0 Å². The van der Waals surface area contributed by atoms with Crippen LogP contribution in [0.3, 0.4) is 0 Å². The minimum Gasteiger partial charge on any atom is -0.508 e. The molecule has 106 valence electrons. The third kappa shape index (κ3) is 1.99. The Hall–Kier alpha value is -1.55. The Morgan fingerprint density at radius 1 is 1.20 bits per heavy atom. The monoisotopic (exact) mass is 272 g/mol. The van der Waals surface area contributed by atoms with Crippen molar-refractivity contribution < 1.29 is 9.90 Å².